The molecule has 2 aromatic rings. The van der Waals surface area contributed by atoms with Crippen molar-refractivity contribution in [3.05, 3.63) is 59.7 Å². The lowest BCUT2D eigenvalue weighted by molar-refractivity contribution is 0.176. The molecule has 4 nitrogen and oxygen atoms in total. The quantitative estimate of drug-likeness (QED) is 0.699. The number of imidazole rings is 1. The molecule has 0 saturated carbocycles. The van der Waals surface area contributed by atoms with E-state index in [9.17, 15) is 5.11 Å². The lowest BCUT2D eigenvalue weighted by atomic mass is 10.1. The smallest absolute Gasteiger partial charge is 0.110 e. The highest BCUT2D eigenvalue weighted by Crippen LogP contribution is 2.11. The number of unbranched alkanes of at least 4 members (excludes halogenated alkanes) is 1. The minimum absolute atomic E-state index is 0.389. The van der Waals surface area contributed by atoms with E-state index in [2.05, 4.69) is 34.2 Å². The van der Waals surface area contributed by atoms with Gasteiger partial charge >= 0.3 is 0 Å². The number of H-pyrrole nitrogens is 1. The largest absolute Gasteiger partial charge is 0.389 e. The van der Waals surface area contributed by atoms with Crippen molar-refractivity contribution in [1.82, 2.24) is 9.97 Å². The maximum absolute atomic E-state index is 9.90. The van der Waals surface area contributed by atoms with Crippen LogP contribution in [0.25, 0.3) is 6.08 Å². The summed E-state index contributed by atoms with van der Waals surface area (Å²) in [6.45, 7) is 0.758. The van der Waals surface area contributed by atoms with Gasteiger partial charge in [-0.25, -0.2) is 4.98 Å². The van der Waals surface area contributed by atoms with Crippen molar-refractivity contribution in [1.29, 1.82) is 0 Å². The van der Waals surface area contributed by atoms with Crippen molar-refractivity contribution in [2.75, 3.05) is 13.7 Å². The van der Waals surface area contributed by atoms with Gasteiger partial charge in [0.05, 0.1) is 6.10 Å². The molecular formula is C18H24N2O2. The predicted octanol–water partition coefficient (Wildman–Crippen LogP) is 3.19. The van der Waals surface area contributed by atoms with Crippen molar-refractivity contribution < 1.29 is 9.84 Å². The molecule has 118 valence electrons. The minimum Gasteiger partial charge on any atom is -0.389 e. The van der Waals surface area contributed by atoms with Crippen LogP contribution < -0.4 is 0 Å². The Morgan fingerprint density at radius 1 is 1.27 bits per heavy atom. The molecule has 22 heavy (non-hydrogen) atoms. The molecule has 1 aromatic carbocycles. The Hall–Kier alpha value is -1.91. The van der Waals surface area contributed by atoms with Gasteiger partial charge in [-0.15, -0.1) is 0 Å². The number of nitrogens with one attached hydrogen (secondary N) is 1. The average molecular weight is 300 g/mol. The Morgan fingerprint density at radius 2 is 2.09 bits per heavy atom. The fraction of sp³-hybridized carbons (Fsp3) is 0.389. The first-order valence-electron chi connectivity index (χ1n) is 7.70. The van der Waals surface area contributed by atoms with E-state index in [1.807, 2.05) is 18.3 Å². The Bertz CT molecular complexity index is 547. The number of aromatic nitrogens is 2. The van der Waals surface area contributed by atoms with Gasteiger partial charge in [0.1, 0.15) is 5.82 Å². The Balaban J connectivity index is 1.79. The molecule has 1 aromatic heterocycles. The molecule has 0 radical (unpaired) electrons. The summed E-state index contributed by atoms with van der Waals surface area (Å²) in [7, 11) is 1.70. The van der Waals surface area contributed by atoms with E-state index in [1.165, 1.54) is 5.56 Å². The molecule has 0 fully saturated rings. The van der Waals surface area contributed by atoms with E-state index in [4.69, 9.17) is 4.74 Å². The lowest BCUT2D eigenvalue weighted by Crippen LogP contribution is -2.02. The molecule has 2 N–H and O–H groups in total. The van der Waals surface area contributed by atoms with Gasteiger partial charge in [0.2, 0.25) is 0 Å². The van der Waals surface area contributed by atoms with Gasteiger partial charge in [-0.3, -0.25) is 0 Å². The summed E-state index contributed by atoms with van der Waals surface area (Å²) < 4.78 is 5.00. The summed E-state index contributed by atoms with van der Waals surface area (Å²) in [4.78, 5) is 7.33. The van der Waals surface area contributed by atoms with Crippen molar-refractivity contribution >= 4 is 6.08 Å². The normalized spacial score (nSPS) is 12.8. The SMILES string of the molecule is COCCCCC(O)C=Cc1ccc(Cc2ncc[nH]2)cc1. The number of ether oxygens (including phenoxy) is 1. The maximum atomic E-state index is 9.90. The molecule has 0 bridgehead atoms. The van der Waals surface area contributed by atoms with E-state index < -0.39 is 0 Å². The third-order valence-corrected chi connectivity index (χ3v) is 3.52. The van der Waals surface area contributed by atoms with Gasteiger partial charge in [0, 0.05) is 32.5 Å². The summed E-state index contributed by atoms with van der Waals surface area (Å²) >= 11 is 0. The standard InChI is InChI=1S/C18H24N2O2/c1-22-13-3-2-4-17(21)10-9-15-5-7-16(8-6-15)14-18-19-11-12-20-18/h5-12,17,21H,2-4,13-14H2,1H3,(H,19,20). The van der Waals surface area contributed by atoms with E-state index in [1.54, 1.807) is 13.3 Å². The molecule has 2 rings (SSSR count). The Morgan fingerprint density at radius 3 is 2.77 bits per heavy atom. The molecular weight excluding hydrogens is 276 g/mol. The van der Waals surface area contributed by atoms with Crippen LogP contribution in [-0.2, 0) is 11.2 Å². The topological polar surface area (TPSA) is 58.1 Å². The van der Waals surface area contributed by atoms with Crippen LogP contribution in [0.5, 0.6) is 0 Å². The van der Waals surface area contributed by atoms with Crippen molar-refractivity contribution in [3.63, 3.8) is 0 Å². The van der Waals surface area contributed by atoms with Crippen LogP contribution in [0, 0.1) is 0 Å². The molecule has 0 amide bonds. The number of aliphatic hydroxyl groups is 1. The molecule has 1 atom stereocenters. The number of rotatable bonds is 9. The first-order valence-corrected chi connectivity index (χ1v) is 7.70. The van der Waals surface area contributed by atoms with Crippen LogP contribution >= 0.6 is 0 Å². The van der Waals surface area contributed by atoms with Gasteiger partial charge in [-0.2, -0.15) is 0 Å². The van der Waals surface area contributed by atoms with Gasteiger partial charge in [0.25, 0.3) is 0 Å². The average Bonchev–Trinajstić information content (AvgIpc) is 3.04. The fourth-order valence-electron chi connectivity index (χ4n) is 2.25. The van der Waals surface area contributed by atoms with Gasteiger partial charge in [-0.05, 0) is 30.4 Å². The molecule has 0 spiro atoms. The highest BCUT2D eigenvalue weighted by Gasteiger charge is 2.00. The van der Waals surface area contributed by atoms with Gasteiger partial charge < -0.3 is 14.8 Å². The molecule has 4 heteroatoms. The predicted molar refractivity (Wildman–Crippen MR) is 88.6 cm³/mol. The Labute approximate surface area is 131 Å². The first kappa shape index (κ1) is 16.5. The second kappa shape index (κ2) is 9.18. The van der Waals surface area contributed by atoms with Gasteiger partial charge in [0.15, 0.2) is 0 Å². The number of aromatic amines is 1. The fourth-order valence-corrected chi connectivity index (χ4v) is 2.25. The van der Waals surface area contributed by atoms with Crippen LogP contribution in [0.1, 0.15) is 36.2 Å². The number of nitrogens with zero attached hydrogens (tertiary/aromatic N) is 1. The summed E-state index contributed by atoms with van der Waals surface area (Å²) in [5.74, 6) is 0.967. The summed E-state index contributed by atoms with van der Waals surface area (Å²) in [5, 5.41) is 9.90. The number of benzene rings is 1. The number of aliphatic hydroxyl groups excluding tert-OH is 1. The zero-order chi connectivity index (χ0) is 15.6. The van der Waals surface area contributed by atoms with Crippen LogP contribution in [0.3, 0.4) is 0 Å². The third-order valence-electron chi connectivity index (χ3n) is 3.52. The van der Waals surface area contributed by atoms with E-state index in [-0.39, 0.29) is 6.10 Å². The highest BCUT2D eigenvalue weighted by molar-refractivity contribution is 5.50. The number of hydrogen-bond acceptors (Lipinski definition) is 3. The van der Waals surface area contributed by atoms with Crippen LogP contribution in [-0.4, -0.2) is 34.9 Å². The van der Waals surface area contributed by atoms with Crippen molar-refractivity contribution in [2.45, 2.75) is 31.8 Å². The van der Waals surface area contributed by atoms with Gasteiger partial charge in [-0.1, -0.05) is 36.4 Å². The van der Waals surface area contributed by atoms with Crippen LogP contribution in [0.2, 0.25) is 0 Å². The highest BCUT2D eigenvalue weighted by atomic mass is 16.5. The molecule has 1 heterocycles. The summed E-state index contributed by atoms with van der Waals surface area (Å²) in [6.07, 6.45) is 10.6. The molecule has 0 aliphatic carbocycles. The zero-order valence-electron chi connectivity index (χ0n) is 13.0. The molecule has 0 aliphatic rings. The second-order valence-corrected chi connectivity index (χ2v) is 5.37. The lowest BCUT2D eigenvalue weighted by Gasteiger charge is -2.05. The number of hydrogen-bond donors (Lipinski definition) is 2. The molecule has 1 unspecified atom stereocenters. The van der Waals surface area contributed by atoms with Crippen molar-refractivity contribution in [3.8, 4) is 0 Å². The monoisotopic (exact) mass is 300 g/mol. The summed E-state index contributed by atoms with van der Waals surface area (Å²) in [6, 6.07) is 8.30. The Kier molecular flexibility index (Phi) is 6.87. The first-order chi connectivity index (χ1) is 10.8. The van der Waals surface area contributed by atoms with E-state index in [0.717, 1.165) is 43.7 Å². The minimum atomic E-state index is -0.389. The second-order valence-electron chi connectivity index (χ2n) is 5.37. The maximum Gasteiger partial charge on any atom is 0.110 e. The van der Waals surface area contributed by atoms with E-state index >= 15 is 0 Å². The van der Waals surface area contributed by atoms with Crippen LogP contribution in [0.15, 0.2) is 42.7 Å². The van der Waals surface area contributed by atoms with E-state index in [0.29, 0.717) is 0 Å². The molecule has 0 aliphatic heterocycles. The third kappa shape index (κ3) is 5.84. The number of methoxy groups -OCH3 is 1. The zero-order valence-corrected chi connectivity index (χ0v) is 13.0. The summed E-state index contributed by atoms with van der Waals surface area (Å²) in [5.41, 5.74) is 2.31. The molecule has 0 saturated heterocycles. The van der Waals surface area contributed by atoms with Crippen molar-refractivity contribution in [2.24, 2.45) is 0 Å². The van der Waals surface area contributed by atoms with Crippen LogP contribution in [0.4, 0.5) is 0 Å².